The van der Waals surface area contributed by atoms with E-state index in [4.69, 9.17) is 5.73 Å². The van der Waals surface area contributed by atoms with Gasteiger partial charge in [-0.2, -0.15) is 0 Å². The molecule has 0 aromatic heterocycles. The standard InChI is InChI=1S/C22H39N/c1-21-17-14-15-19-22(21)18-13-11-9-7-5-3-2-4-6-8-10-12-16-20-23/h14-15,17,19H,2-13,16,18,20,23H2,1H3. The Labute approximate surface area is 145 Å². The summed E-state index contributed by atoms with van der Waals surface area (Å²) in [6.45, 7) is 3.10. The molecule has 1 aromatic carbocycles. The first kappa shape index (κ1) is 20.2. The molecule has 0 saturated carbocycles. The third kappa shape index (κ3) is 11.4. The SMILES string of the molecule is Cc1ccccc1CCCCCCCCCCCCCCCN. The predicted molar refractivity (Wildman–Crippen MR) is 104 cm³/mol. The van der Waals surface area contributed by atoms with Gasteiger partial charge in [-0.15, -0.1) is 0 Å². The maximum absolute atomic E-state index is 5.50. The van der Waals surface area contributed by atoms with Crippen LogP contribution in [-0.4, -0.2) is 6.54 Å². The lowest BCUT2D eigenvalue weighted by molar-refractivity contribution is 0.537. The molecule has 0 amide bonds. The summed E-state index contributed by atoms with van der Waals surface area (Å²) in [7, 11) is 0. The van der Waals surface area contributed by atoms with Gasteiger partial charge in [-0.05, 0) is 43.9 Å². The molecule has 1 nitrogen and oxygen atoms in total. The molecule has 23 heavy (non-hydrogen) atoms. The van der Waals surface area contributed by atoms with Crippen molar-refractivity contribution < 1.29 is 0 Å². The van der Waals surface area contributed by atoms with Crippen molar-refractivity contribution in [2.75, 3.05) is 6.54 Å². The monoisotopic (exact) mass is 317 g/mol. The molecule has 0 spiro atoms. The zero-order valence-corrected chi connectivity index (χ0v) is 15.5. The Bertz CT molecular complexity index is 372. The van der Waals surface area contributed by atoms with E-state index in [1.54, 1.807) is 5.56 Å². The molecule has 0 aliphatic carbocycles. The van der Waals surface area contributed by atoms with Gasteiger partial charge in [0.05, 0.1) is 0 Å². The number of benzene rings is 1. The molecule has 0 aliphatic heterocycles. The van der Waals surface area contributed by atoms with E-state index >= 15 is 0 Å². The van der Waals surface area contributed by atoms with E-state index in [0.717, 1.165) is 6.54 Å². The fraction of sp³-hybridized carbons (Fsp3) is 0.727. The number of hydrogen-bond acceptors (Lipinski definition) is 1. The molecule has 1 aromatic rings. The second-order valence-electron chi connectivity index (χ2n) is 7.06. The van der Waals surface area contributed by atoms with E-state index in [9.17, 15) is 0 Å². The van der Waals surface area contributed by atoms with Gasteiger partial charge in [0.25, 0.3) is 0 Å². The highest BCUT2D eigenvalue weighted by Gasteiger charge is 1.97. The van der Waals surface area contributed by atoms with E-state index < -0.39 is 0 Å². The smallest absolute Gasteiger partial charge is 0.00773 e. The lowest BCUT2D eigenvalue weighted by atomic mass is 10.0. The molecule has 0 saturated heterocycles. The van der Waals surface area contributed by atoms with Crippen LogP contribution in [0, 0.1) is 6.92 Å². The summed E-state index contributed by atoms with van der Waals surface area (Å²) in [6, 6.07) is 8.82. The molecule has 0 radical (unpaired) electrons. The summed E-state index contributed by atoms with van der Waals surface area (Å²) >= 11 is 0. The third-order valence-electron chi connectivity index (χ3n) is 4.91. The van der Waals surface area contributed by atoms with Crippen LogP contribution in [0.3, 0.4) is 0 Å². The summed E-state index contributed by atoms with van der Waals surface area (Å²) in [6.07, 6.45) is 19.4. The minimum absolute atomic E-state index is 0.866. The average Bonchev–Trinajstić information content (AvgIpc) is 2.57. The number of unbranched alkanes of at least 4 members (excludes halogenated alkanes) is 12. The molecule has 132 valence electrons. The van der Waals surface area contributed by atoms with Crippen LogP contribution in [0.2, 0.25) is 0 Å². The fourth-order valence-corrected chi connectivity index (χ4v) is 3.29. The molecular formula is C22H39N. The van der Waals surface area contributed by atoms with Crippen LogP contribution in [0.5, 0.6) is 0 Å². The van der Waals surface area contributed by atoms with Crippen LogP contribution in [0.4, 0.5) is 0 Å². The Balaban J connectivity index is 1.79. The minimum Gasteiger partial charge on any atom is -0.330 e. The predicted octanol–water partition coefficient (Wildman–Crippen LogP) is 6.57. The number of nitrogens with two attached hydrogens (primary N) is 1. The summed E-state index contributed by atoms with van der Waals surface area (Å²) in [5, 5.41) is 0. The van der Waals surface area contributed by atoms with Crippen molar-refractivity contribution in [3.8, 4) is 0 Å². The zero-order chi connectivity index (χ0) is 16.6. The van der Waals surface area contributed by atoms with E-state index in [-0.39, 0.29) is 0 Å². The van der Waals surface area contributed by atoms with Crippen LogP contribution in [0.25, 0.3) is 0 Å². The maximum Gasteiger partial charge on any atom is -0.00773 e. The van der Waals surface area contributed by atoms with Gasteiger partial charge < -0.3 is 5.73 Å². The highest BCUT2D eigenvalue weighted by Crippen LogP contribution is 2.15. The first-order valence-corrected chi connectivity index (χ1v) is 10.1. The van der Waals surface area contributed by atoms with Crippen molar-refractivity contribution >= 4 is 0 Å². The lowest BCUT2D eigenvalue weighted by Crippen LogP contribution is -1.97. The van der Waals surface area contributed by atoms with Gasteiger partial charge in [0.15, 0.2) is 0 Å². The van der Waals surface area contributed by atoms with Crippen molar-refractivity contribution in [3.63, 3.8) is 0 Å². The third-order valence-corrected chi connectivity index (χ3v) is 4.91. The van der Waals surface area contributed by atoms with Crippen molar-refractivity contribution in [1.82, 2.24) is 0 Å². The highest BCUT2D eigenvalue weighted by molar-refractivity contribution is 5.25. The van der Waals surface area contributed by atoms with Gasteiger partial charge >= 0.3 is 0 Å². The van der Waals surface area contributed by atoms with Gasteiger partial charge in [-0.25, -0.2) is 0 Å². The van der Waals surface area contributed by atoms with E-state index in [1.165, 1.54) is 95.5 Å². The maximum atomic E-state index is 5.50. The molecule has 0 fully saturated rings. The Kier molecular flexibility index (Phi) is 13.0. The topological polar surface area (TPSA) is 26.0 Å². The molecule has 0 atom stereocenters. The van der Waals surface area contributed by atoms with Crippen molar-refractivity contribution in [2.45, 2.75) is 96.8 Å². The van der Waals surface area contributed by atoms with Gasteiger partial charge in [-0.3, -0.25) is 0 Å². The molecule has 0 heterocycles. The van der Waals surface area contributed by atoms with Crippen molar-refractivity contribution in [1.29, 1.82) is 0 Å². The van der Waals surface area contributed by atoms with Crippen LogP contribution in [-0.2, 0) is 6.42 Å². The second kappa shape index (κ2) is 14.8. The quantitative estimate of drug-likeness (QED) is 0.364. The summed E-state index contributed by atoms with van der Waals surface area (Å²) in [5.41, 5.74) is 8.50. The Hall–Kier alpha value is -0.820. The summed E-state index contributed by atoms with van der Waals surface area (Å²) in [5.74, 6) is 0. The first-order valence-electron chi connectivity index (χ1n) is 10.1. The van der Waals surface area contributed by atoms with Crippen LogP contribution in [0.15, 0.2) is 24.3 Å². The largest absolute Gasteiger partial charge is 0.330 e. The zero-order valence-electron chi connectivity index (χ0n) is 15.5. The first-order chi connectivity index (χ1) is 11.3. The molecule has 0 aliphatic rings. The normalized spacial score (nSPS) is 11.0. The minimum atomic E-state index is 0.866. The number of hydrogen-bond donors (Lipinski definition) is 1. The van der Waals surface area contributed by atoms with Gasteiger partial charge in [0.2, 0.25) is 0 Å². The molecular weight excluding hydrogens is 278 g/mol. The highest BCUT2D eigenvalue weighted by atomic mass is 14.5. The number of rotatable bonds is 15. The second-order valence-corrected chi connectivity index (χ2v) is 7.06. The van der Waals surface area contributed by atoms with E-state index in [2.05, 4.69) is 31.2 Å². The van der Waals surface area contributed by atoms with E-state index in [1.807, 2.05) is 0 Å². The molecule has 1 heteroatoms. The average molecular weight is 318 g/mol. The summed E-state index contributed by atoms with van der Waals surface area (Å²) < 4.78 is 0. The molecule has 2 N–H and O–H groups in total. The Morgan fingerprint density at radius 3 is 1.52 bits per heavy atom. The fourth-order valence-electron chi connectivity index (χ4n) is 3.29. The van der Waals surface area contributed by atoms with Gasteiger partial charge in [0.1, 0.15) is 0 Å². The van der Waals surface area contributed by atoms with E-state index in [0.29, 0.717) is 0 Å². The van der Waals surface area contributed by atoms with Crippen molar-refractivity contribution in [3.05, 3.63) is 35.4 Å². The molecule has 0 unspecified atom stereocenters. The number of aryl methyl sites for hydroxylation is 2. The lowest BCUT2D eigenvalue weighted by Gasteiger charge is -2.05. The van der Waals surface area contributed by atoms with Crippen molar-refractivity contribution in [2.24, 2.45) is 5.73 Å². The van der Waals surface area contributed by atoms with Crippen LogP contribution >= 0.6 is 0 Å². The van der Waals surface area contributed by atoms with Gasteiger partial charge in [0, 0.05) is 0 Å². The van der Waals surface area contributed by atoms with Crippen LogP contribution in [0.1, 0.15) is 94.6 Å². The Morgan fingerprint density at radius 1 is 0.609 bits per heavy atom. The Morgan fingerprint density at radius 2 is 1.04 bits per heavy atom. The summed E-state index contributed by atoms with van der Waals surface area (Å²) in [4.78, 5) is 0. The molecule has 0 bridgehead atoms. The van der Waals surface area contributed by atoms with Gasteiger partial charge in [-0.1, -0.05) is 94.9 Å². The van der Waals surface area contributed by atoms with Crippen LogP contribution < -0.4 is 5.73 Å². The molecule has 1 rings (SSSR count).